The molecule has 0 radical (unpaired) electrons. The van der Waals surface area contributed by atoms with Gasteiger partial charge in [-0.2, -0.15) is 0 Å². The molecular formula is C17H33ClN2O. The second-order valence-electron chi connectivity index (χ2n) is 7.10. The van der Waals surface area contributed by atoms with Crippen LogP contribution >= 0.6 is 12.4 Å². The Balaban J connectivity index is 0.00000220. The fourth-order valence-electron chi connectivity index (χ4n) is 3.92. The van der Waals surface area contributed by atoms with E-state index < -0.39 is 0 Å². The first-order chi connectivity index (χ1) is 9.66. The number of hydrogen-bond donors (Lipinski definition) is 2. The van der Waals surface area contributed by atoms with Gasteiger partial charge in [-0.05, 0) is 62.9 Å². The molecule has 0 bridgehead atoms. The summed E-state index contributed by atoms with van der Waals surface area (Å²) >= 11 is 0. The maximum absolute atomic E-state index is 12.2. The number of halogens is 1. The van der Waals surface area contributed by atoms with Gasteiger partial charge in [-0.25, -0.2) is 0 Å². The number of nitrogens with one attached hydrogen (secondary N) is 2. The number of piperidine rings is 1. The van der Waals surface area contributed by atoms with E-state index in [1.807, 2.05) is 0 Å². The van der Waals surface area contributed by atoms with Crippen LogP contribution in [-0.4, -0.2) is 25.0 Å². The van der Waals surface area contributed by atoms with Crippen molar-refractivity contribution in [2.75, 3.05) is 13.1 Å². The Hall–Kier alpha value is -0.280. The first-order valence-electron chi connectivity index (χ1n) is 8.67. The molecule has 2 rings (SSSR count). The lowest BCUT2D eigenvalue weighted by molar-refractivity contribution is -0.122. The van der Waals surface area contributed by atoms with E-state index in [-0.39, 0.29) is 12.4 Å². The van der Waals surface area contributed by atoms with Crippen LogP contribution in [0.5, 0.6) is 0 Å². The topological polar surface area (TPSA) is 41.1 Å². The lowest BCUT2D eigenvalue weighted by atomic mass is 9.78. The first-order valence-corrected chi connectivity index (χ1v) is 8.67. The average molecular weight is 317 g/mol. The number of amides is 1. The maximum atomic E-state index is 12.2. The van der Waals surface area contributed by atoms with Gasteiger partial charge in [0.1, 0.15) is 0 Å². The molecule has 1 aliphatic heterocycles. The number of carbonyl (C=O) groups excluding carboxylic acids is 1. The van der Waals surface area contributed by atoms with Crippen LogP contribution < -0.4 is 10.6 Å². The third-order valence-electron chi connectivity index (χ3n) is 5.26. The Morgan fingerprint density at radius 2 is 1.81 bits per heavy atom. The number of hydrogen-bond acceptors (Lipinski definition) is 2. The standard InChI is InChI=1S/C17H32N2O.ClH/c1-13(2)15-5-3-4-6-16(15)19-17(20)8-7-14-9-11-18-12-10-14;/h13-16,18H,3-12H2,1-2H3,(H,19,20);1H. The molecule has 3 nitrogen and oxygen atoms in total. The molecule has 2 unspecified atom stereocenters. The van der Waals surface area contributed by atoms with Gasteiger partial charge in [0.05, 0.1) is 0 Å². The Morgan fingerprint density at radius 3 is 2.48 bits per heavy atom. The highest BCUT2D eigenvalue weighted by molar-refractivity contribution is 5.85. The van der Waals surface area contributed by atoms with Crippen molar-refractivity contribution in [3.05, 3.63) is 0 Å². The second-order valence-corrected chi connectivity index (χ2v) is 7.10. The molecule has 1 heterocycles. The van der Waals surface area contributed by atoms with E-state index in [4.69, 9.17) is 0 Å². The molecule has 1 saturated carbocycles. The lowest BCUT2D eigenvalue weighted by Crippen LogP contribution is -2.44. The molecule has 0 aromatic rings. The van der Waals surface area contributed by atoms with E-state index in [9.17, 15) is 4.79 Å². The Morgan fingerprint density at radius 1 is 1.14 bits per heavy atom. The minimum atomic E-state index is 0. The van der Waals surface area contributed by atoms with Gasteiger partial charge in [0.25, 0.3) is 0 Å². The summed E-state index contributed by atoms with van der Waals surface area (Å²) in [5, 5.41) is 6.72. The fourth-order valence-corrected chi connectivity index (χ4v) is 3.92. The van der Waals surface area contributed by atoms with Gasteiger partial charge in [0, 0.05) is 12.5 Å². The van der Waals surface area contributed by atoms with Gasteiger partial charge in [0.15, 0.2) is 0 Å². The zero-order chi connectivity index (χ0) is 14.4. The average Bonchev–Trinajstić information content (AvgIpc) is 2.46. The summed E-state index contributed by atoms with van der Waals surface area (Å²) in [6.07, 6.45) is 9.38. The molecule has 2 atom stereocenters. The molecule has 124 valence electrons. The molecule has 2 aliphatic rings. The number of rotatable bonds is 5. The molecule has 4 heteroatoms. The molecule has 0 spiro atoms. The molecule has 1 amide bonds. The highest BCUT2D eigenvalue weighted by Gasteiger charge is 2.28. The van der Waals surface area contributed by atoms with Crippen LogP contribution in [0.25, 0.3) is 0 Å². The molecular weight excluding hydrogens is 284 g/mol. The molecule has 0 aromatic heterocycles. The summed E-state index contributed by atoms with van der Waals surface area (Å²) in [5.41, 5.74) is 0. The van der Waals surface area contributed by atoms with Crippen molar-refractivity contribution < 1.29 is 4.79 Å². The zero-order valence-corrected chi connectivity index (χ0v) is 14.5. The Bertz CT molecular complexity index is 303. The van der Waals surface area contributed by atoms with Crippen LogP contribution in [0.15, 0.2) is 0 Å². The van der Waals surface area contributed by atoms with Crippen LogP contribution in [0.3, 0.4) is 0 Å². The van der Waals surface area contributed by atoms with Gasteiger partial charge in [-0.3, -0.25) is 4.79 Å². The third kappa shape index (κ3) is 6.15. The summed E-state index contributed by atoms with van der Waals surface area (Å²) in [5.74, 6) is 2.42. The van der Waals surface area contributed by atoms with Crippen molar-refractivity contribution in [1.82, 2.24) is 10.6 Å². The largest absolute Gasteiger partial charge is 0.353 e. The maximum Gasteiger partial charge on any atom is 0.220 e. The molecule has 2 fully saturated rings. The normalized spacial score (nSPS) is 27.2. The summed E-state index contributed by atoms with van der Waals surface area (Å²) in [6, 6.07) is 0.435. The lowest BCUT2D eigenvalue weighted by Gasteiger charge is -2.35. The molecule has 21 heavy (non-hydrogen) atoms. The summed E-state index contributed by atoms with van der Waals surface area (Å²) < 4.78 is 0. The predicted molar refractivity (Wildman–Crippen MR) is 90.8 cm³/mol. The minimum Gasteiger partial charge on any atom is -0.353 e. The van der Waals surface area contributed by atoms with Crippen molar-refractivity contribution >= 4 is 18.3 Å². The fraction of sp³-hybridized carbons (Fsp3) is 0.941. The van der Waals surface area contributed by atoms with Crippen molar-refractivity contribution in [3.63, 3.8) is 0 Å². The van der Waals surface area contributed by atoms with Crippen molar-refractivity contribution in [3.8, 4) is 0 Å². The molecule has 1 saturated heterocycles. The summed E-state index contributed by atoms with van der Waals surface area (Å²) in [4.78, 5) is 12.2. The third-order valence-corrected chi connectivity index (χ3v) is 5.26. The van der Waals surface area contributed by atoms with E-state index in [1.54, 1.807) is 0 Å². The Labute approximate surface area is 136 Å². The Kier molecular flexibility index (Phi) is 8.65. The smallest absolute Gasteiger partial charge is 0.220 e. The second kappa shape index (κ2) is 9.68. The van der Waals surface area contributed by atoms with Gasteiger partial charge in [-0.15, -0.1) is 12.4 Å². The first kappa shape index (κ1) is 18.8. The minimum absolute atomic E-state index is 0. The van der Waals surface area contributed by atoms with E-state index in [2.05, 4.69) is 24.5 Å². The highest BCUT2D eigenvalue weighted by Crippen LogP contribution is 2.30. The van der Waals surface area contributed by atoms with Crippen LogP contribution in [0.4, 0.5) is 0 Å². The summed E-state index contributed by atoms with van der Waals surface area (Å²) in [6.45, 7) is 6.85. The van der Waals surface area contributed by atoms with Gasteiger partial charge >= 0.3 is 0 Å². The molecule has 2 N–H and O–H groups in total. The highest BCUT2D eigenvalue weighted by atomic mass is 35.5. The van der Waals surface area contributed by atoms with Gasteiger partial charge in [-0.1, -0.05) is 26.7 Å². The number of carbonyl (C=O) groups is 1. The van der Waals surface area contributed by atoms with Crippen molar-refractivity contribution in [2.24, 2.45) is 17.8 Å². The van der Waals surface area contributed by atoms with Crippen LogP contribution in [0, 0.1) is 17.8 Å². The van der Waals surface area contributed by atoms with E-state index in [0.29, 0.717) is 23.8 Å². The zero-order valence-electron chi connectivity index (χ0n) is 13.7. The van der Waals surface area contributed by atoms with E-state index in [0.717, 1.165) is 31.8 Å². The van der Waals surface area contributed by atoms with Crippen LogP contribution in [0.1, 0.15) is 65.2 Å². The summed E-state index contributed by atoms with van der Waals surface area (Å²) in [7, 11) is 0. The predicted octanol–water partition coefficient (Wildman–Crippen LogP) is 3.52. The van der Waals surface area contributed by atoms with Crippen molar-refractivity contribution in [2.45, 2.75) is 71.3 Å². The molecule has 0 aromatic carbocycles. The van der Waals surface area contributed by atoms with Crippen LogP contribution in [0.2, 0.25) is 0 Å². The quantitative estimate of drug-likeness (QED) is 0.815. The monoisotopic (exact) mass is 316 g/mol. The SMILES string of the molecule is CC(C)C1CCCCC1NC(=O)CCC1CCNCC1.Cl. The van der Waals surface area contributed by atoms with Gasteiger partial charge < -0.3 is 10.6 Å². The van der Waals surface area contributed by atoms with Crippen molar-refractivity contribution in [1.29, 1.82) is 0 Å². The van der Waals surface area contributed by atoms with Crippen LogP contribution in [-0.2, 0) is 4.79 Å². The van der Waals surface area contributed by atoms with E-state index in [1.165, 1.54) is 38.5 Å². The van der Waals surface area contributed by atoms with E-state index >= 15 is 0 Å². The molecule has 1 aliphatic carbocycles. The van der Waals surface area contributed by atoms with Gasteiger partial charge in [0.2, 0.25) is 5.91 Å².